The highest BCUT2D eigenvalue weighted by molar-refractivity contribution is 7.86. The maximum Gasteiger partial charge on any atom is 0.282 e. The lowest BCUT2D eigenvalue weighted by Crippen LogP contribution is -2.47. The Kier molecular flexibility index (Phi) is 4.92. The molecule has 1 aromatic rings. The maximum absolute atomic E-state index is 12.9. The molecule has 0 amide bonds. The van der Waals surface area contributed by atoms with Gasteiger partial charge in [-0.1, -0.05) is 6.42 Å². The molecule has 2 saturated heterocycles. The second-order valence-corrected chi connectivity index (χ2v) is 9.21. The molecule has 1 aromatic heterocycles. The highest BCUT2D eigenvalue weighted by atomic mass is 32.2. The van der Waals surface area contributed by atoms with Gasteiger partial charge in [0.1, 0.15) is 12.1 Å². The zero-order valence-electron chi connectivity index (χ0n) is 14.7. The van der Waals surface area contributed by atoms with E-state index in [-0.39, 0.29) is 0 Å². The van der Waals surface area contributed by atoms with Gasteiger partial charge >= 0.3 is 0 Å². The largest absolute Gasteiger partial charge is 0.355 e. The average molecular weight is 366 g/mol. The number of aromatic nitrogens is 2. The van der Waals surface area contributed by atoms with Crippen molar-refractivity contribution in [3.63, 3.8) is 0 Å². The summed E-state index contributed by atoms with van der Waals surface area (Å²) in [7, 11) is -3.32. The molecule has 0 spiro atoms. The molecule has 8 heteroatoms. The Morgan fingerprint density at radius 3 is 2.32 bits per heavy atom. The Morgan fingerprint density at radius 1 is 0.840 bits per heavy atom. The number of hydrogen-bond donors (Lipinski definition) is 0. The van der Waals surface area contributed by atoms with Gasteiger partial charge in [0.2, 0.25) is 0 Å². The van der Waals surface area contributed by atoms with E-state index in [1.165, 1.54) is 12.8 Å². The van der Waals surface area contributed by atoms with E-state index in [0.717, 1.165) is 43.7 Å². The Bertz CT molecular complexity index is 701. The zero-order valence-corrected chi connectivity index (χ0v) is 15.5. The molecule has 2 aliphatic heterocycles. The summed E-state index contributed by atoms with van der Waals surface area (Å²) in [5.74, 6) is 1.54. The second-order valence-electron chi connectivity index (χ2n) is 7.28. The lowest BCUT2D eigenvalue weighted by atomic mass is 10.2. The average Bonchev–Trinajstić information content (AvgIpc) is 3.49. The van der Waals surface area contributed by atoms with Crippen LogP contribution in [0.5, 0.6) is 0 Å². The van der Waals surface area contributed by atoms with Crippen molar-refractivity contribution in [1.29, 1.82) is 0 Å². The fourth-order valence-electron chi connectivity index (χ4n) is 3.75. The van der Waals surface area contributed by atoms with Crippen LogP contribution in [0, 0.1) is 0 Å². The van der Waals surface area contributed by atoms with Crippen LogP contribution < -0.4 is 4.90 Å². The van der Waals surface area contributed by atoms with E-state index in [1.54, 1.807) is 14.9 Å². The molecule has 138 valence electrons. The number of anilines is 1. The van der Waals surface area contributed by atoms with Crippen LogP contribution in [0.2, 0.25) is 0 Å². The quantitative estimate of drug-likeness (QED) is 0.811. The van der Waals surface area contributed by atoms with Gasteiger partial charge in [-0.3, -0.25) is 0 Å². The molecule has 0 radical (unpaired) electrons. The van der Waals surface area contributed by atoms with E-state index in [4.69, 9.17) is 0 Å². The molecule has 3 aliphatic rings. The van der Waals surface area contributed by atoms with Crippen LogP contribution in [0.1, 0.15) is 50.1 Å². The van der Waals surface area contributed by atoms with Crippen LogP contribution in [0.4, 0.5) is 5.82 Å². The second kappa shape index (κ2) is 7.17. The Balaban J connectivity index is 1.44. The Labute approximate surface area is 150 Å². The van der Waals surface area contributed by atoms with Gasteiger partial charge in [-0.25, -0.2) is 9.97 Å². The lowest BCUT2D eigenvalue weighted by molar-refractivity contribution is 0.307. The van der Waals surface area contributed by atoms with Gasteiger partial charge in [-0.2, -0.15) is 17.0 Å². The third-order valence-corrected chi connectivity index (χ3v) is 7.45. The molecular formula is C17H27N5O2S. The third kappa shape index (κ3) is 3.80. The molecule has 0 unspecified atom stereocenters. The fraction of sp³-hybridized carbons (Fsp3) is 0.765. The van der Waals surface area contributed by atoms with Crippen molar-refractivity contribution < 1.29 is 8.42 Å². The highest BCUT2D eigenvalue weighted by Crippen LogP contribution is 2.39. The van der Waals surface area contributed by atoms with Crippen molar-refractivity contribution in [2.24, 2.45) is 0 Å². The van der Waals surface area contributed by atoms with E-state index in [0.29, 0.717) is 38.6 Å². The molecule has 7 nitrogen and oxygen atoms in total. The van der Waals surface area contributed by atoms with Crippen molar-refractivity contribution in [2.45, 2.75) is 44.4 Å². The standard InChI is InChI=1S/C17H27N5O2S/c23-25(24,21-8-2-1-3-9-21)22-10-4-7-20(11-12-22)17-13-16(15-5-6-15)18-14-19-17/h13-15H,1-12H2. The normalized spacial score (nSPS) is 24.2. The van der Waals surface area contributed by atoms with Gasteiger partial charge in [0.15, 0.2) is 0 Å². The van der Waals surface area contributed by atoms with E-state index >= 15 is 0 Å². The maximum atomic E-state index is 12.9. The monoisotopic (exact) mass is 365 g/mol. The van der Waals surface area contributed by atoms with Crippen LogP contribution >= 0.6 is 0 Å². The van der Waals surface area contributed by atoms with Gasteiger partial charge in [-0.15, -0.1) is 0 Å². The van der Waals surface area contributed by atoms with Crippen LogP contribution in [0.15, 0.2) is 12.4 Å². The zero-order chi connectivity index (χ0) is 17.3. The van der Waals surface area contributed by atoms with E-state index in [2.05, 4.69) is 20.9 Å². The predicted molar refractivity (Wildman–Crippen MR) is 96.8 cm³/mol. The van der Waals surface area contributed by atoms with Crippen molar-refractivity contribution >= 4 is 16.0 Å². The van der Waals surface area contributed by atoms with Crippen LogP contribution in [-0.4, -0.2) is 66.3 Å². The molecular weight excluding hydrogens is 338 g/mol. The van der Waals surface area contributed by atoms with Crippen LogP contribution in [0.25, 0.3) is 0 Å². The van der Waals surface area contributed by atoms with Crippen molar-refractivity contribution in [1.82, 2.24) is 18.6 Å². The van der Waals surface area contributed by atoms with Crippen molar-refractivity contribution in [3.8, 4) is 0 Å². The molecule has 3 heterocycles. The minimum atomic E-state index is -3.32. The lowest BCUT2D eigenvalue weighted by Gasteiger charge is -2.31. The first-order valence-electron chi connectivity index (χ1n) is 9.47. The highest BCUT2D eigenvalue weighted by Gasteiger charge is 2.32. The minimum absolute atomic E-state index is 0.529. The molecule has 4 rings (SSSR count). The number of piperidine rings is 1. The Morgan fingerprint density at radius 2 is 1.56 bits per heavy atom. The number of hydrogen-bond acceptors (Lipinski definition) is 5. The molecule has 1 saturated carbocycles. The molecule has 0 N–H and O–H groups in total. The van der Waals surface area contributed by atoms with Gasteiger partial charge in [0, 0.05) is 56.9 Å². The SMILES string of the molecule is O=S(=O)(N1CCCCC1)N1CCCN(c2cc(C3CC3)ncn2)CC1. The van der Waals surface area contributed by atoms with E-state index in [1.807, 2.05) is 0 Å². The summed E-state index contributed by atoms with van der Waals surface area (Å²) in [6, 6.07) is 2.09. The molecule has 0 bridgehead atoms. The summed E-state index contributed by atoms with van der Waals surface area (Å²) < 4.78 is 29.1. The first kappa shape index (κ1) is 17.2. The van der Waals surface area contributed by atoms with E-state index in [9.17, 15) is 8.42 Å². The van der Waals surface area contributed by atoms with Gasteiger partial charge < -0.3 is 4.90 Å². The summed E-state index contributed by atoms with van der Waals surface area (Å²) in [6.45, 7) is 3.98. The topological polar surface area (TPSA) is 69.6 Å². The van der Waals surface area contributed by atoms with Crippen molar-refractivity contribution in [3.05, 3.63) is 18.1 Å². The van der Waals surface area contributed by atoms with E-state index < -0.39 is 10.2 Å². The molecule has 0 aromatic carbocycles. The Hall–Kier alpha value is -1.25. The smallest absolute Gasteiger partial charge is 0.282 e. The molecule has 0 atom stereocenters. The fourth-order valence-corrected chi connectivity index (χ4v) is 5.47. The van der Waals surface area contributed by atoms with Gasteiger partial charge in [0.25, 0.3) is 10.2 Å². The molecule has 3 fully saturated rings. The summed E-state index contributed by atoms with van der Waals surface area (Å²) in [5.41, 5.74) is 1.13. The van der Waals surface area contributed by atoms with Crippen molar-refractivity contribution in [2.75, 3.05) is 44.2 Å². The van der Waals surface area contributed by atoms with Crippen LogP contribution in [-0.2, 0) is 10.2 Å². The minimum Gasteiger partial charge on any atom is -0.355 e. The van der Waals surface area contributed by atoms with Crippen LogP contribution in [0.3, 0.4) is 0 Å². The van der Waals surface area contributed by atoms with Gasteiger partial charge in [0.05, 0.1) is 0 Å². The number of rotatable bonds is 4. The summed E-state index contributed by atoms with van der Waals surface area (Å²) >= 11 is 0. The predicted octanol–water partition coefficient (Wildman–Crippen LogP) is 1.60. The summed E-state index contributed by atoms with van der Waals surface area (Å²) in [6.07, 6.45) is 8.01. The first-order valence-corrected chi connectivity index (χ1v) is 10.9. The first-order chi connectivity index (χ1) is 12.1. The molecule has 25 heavy (non-hydrogen) atoms. The van der Waals surface area contributed by atoms with Gasteiger partial charge in [-0.05, 0) is 32.1 Å². The molecule has 1 aliphatic carbocycles. The number of nitrogens with zero attached hydrogens (tertiary/aromatic N) is 5. The summed E-state index contributed by atoms with van der Waals surface area (Å²) in [4.78, 5) is 11.0. The summed E-state index contributed by atoms with van der Waals surface area (Å²) in [5, 5.41) is 0. The third-order valence-electron chi connectivity index (χ3n) is 5.42.